The molecule has 1 aromatic rings. The van der Waals surface area contributed by atoms with E-state index in [1.807, 2.05) is 18.5 Å². The second kappa shape index (κ2) is 5.60. The molecule has 1 heterocycles. The Morgan fingerprint density at radius 3 is 2.76 bits per heavy atom. The van der Waals surface area contributed by atoms with Crippen LogP contribution in [0, 0.1) is 6.92 Å². The molecule has 1 aliphatic carbocycles. The molecule has 1 aliphatic rings. The second-order valence-electron chi connectivity index (χ2n) is 4.92. The zero-order chi connectivity index (χ0) is 12.3. The minimum atomic E-state index is -0.216. The number of aliphatic hydroxyl groups excluding tert-OH is 1. The van der Waals surface area contributed by atoms with Crippen LogP contribution in [-0.4, -0.2) is 32.0 Å². The minimum Gasteiger partial charge on any atom is -0.392 e. The Kier molecular flexibility index (Phi) is 4.12. The number of hydrogen-bond acceptors (Lipinski definition) is 4. The van der Waals surface area contributed by atoms with Crippen molar-refractivity contribution in [1.82, 2.24) is 20.1 Å². The lowest BCUT2D eigenvalue weighted by molar-refractivity contribution is 0.119. The molecule has 2 atom stereocenters. The van der Waals surface area contributed by atoms with E-state index in [1.54, 1.807) is 0 Å². The van der Waals surface area contributed by atoms with Gasteiger partial charge < -0.3 is 15.0 Å². The van der Waals surface area contributed by atoms with E-state index in [4.69, 9.17) is 0 Å². The standard InChI is InChI=1S/C12H22N4O/c1-9-14-15-12(16(9)2)8-13-10-6-4-3-5-7-11(10)17/h10-11,13,17H,3-8H2,1-2H3. The fourth-order valence-electron chi connectivity index (χ4n) is 2.35. The van der Waals surface area contributed by atoms with Gasteiger partial charge in [0.1, 0.15) is 11.6 Å². The number of aryl methyl sites for hydroxylation is 1. The van der Waals surface area contributed by atoms with Crippen LogP contribution >= 0.6 is 0 Å². The normalized spacial score (nSPS) is 25.8. The van der Waals surface area contributed by atoms with Gasteiger partial charge in [-0.2, -0.15) is 0 Å². The van der Waals surface area contributed by atoms with Gasteiger partial charge in [0.2, 0.25) is 0 Å². The van der Waals surface area contributed by atoms with Gasteiger partial charge in [0.15, 0.2) is 0 Å². The van der Waals surface area contributed by atoms with Crippen molar-refractivity contribution in [1.29, 1.82) is 0 Å². The van der Waals surface area contributed by atoms with E-state index in [2.05, 4.69) is 15.5 Å². The molecule has 5 nitrogen and oxygen atoms in total. The highest BCUT2D eigenvalue weighted by Crippen LogP contribution is 2.18. The SMILES string of the molecule is Cc1nnc(CNC2CCCCCC2O)n1C. The van der Waals surface area contributed by atoms with Crippen molar-refractivity contribution in [3.63, 3.8) is 0 Å². The van der Waals surface area contributed by atoms with Crippen LogP contribution in [-0.2, 0) is 13.6 Å². The van der Waals surface area contributed by atoms with Crippen molar-refractivity contribution in [3.05, 3.63) is 11.6 Å². The minimum absolute atomic E-state index is 0.203. The highest BCUT2D eigenvalue weighted by molar-refractivity contribution is 4.93. The molecule has 2 unspecified atom stereocenters. The number of aliphatic hydroxyl groups is 1. The van der Waals surface area contributed by atoms with E-state index in [0.29, 0.717) is 6.54 Å². The third-order valence-corrected chi connectivity index (χ3v) is 3.68. The highest BCUT2D eigenvalue weighted by Gasteiger charge is 2.21. The number of nitrogens with zero attached hydrogens (tertiary/aromatic N) is 3. The predicted octanol–water partition coefficient (Wildman–Crippen LogP) is 0.907. The van der Waals surface area contributed by atoms with Crippen molar-refractivity contribution < 1.29 is 5.11 Å². The molecule has 0 amide bonds. The van der Waals surface area contributed by atoms with Gasteiger partial charge in [-0.15, -0.1) is 10.2 Å². The van der Waals surface area contributed by atoms with Gasteiger partial charge in [0.05, 0.1) is 12.6 Å². The number of hydrogen-bond donors (Lipinski definition) is 2. The summed E-state index contributed by atoms with van der Waals surface area (Å²) >= 11 is 0. The summed E-state index contributed by atoms with van der Waals surface area (Å²) in [4.78, 5) is 0. The molecule has 0 saturated heterocycles. The topological polar surface area (TPSA) is 63.0 Å². The summed E-state index contributed by atoms with van der Waals surface area (Å²) in [6.07, 6.45) is 5.33. The Morgan fingerprint density at radius 2 is 2.06 bits per heavy atom. The molecule has 96 valence electrons. The smallest absolute Gasteiger partial charge is 0.146 e. The van der Waals surface area contributed by atoms with Crippen LogP contribution in [0.5, 0.6) is 0 Å². The molecule has 5 heteroatoms. The largest absolute Gasteiger partial charge is 0.392 e. The first kappa shape index (κ1) is 12.5. The lowest BCUT2D eigenvalue weighted by Gasteiger charge is -2.21. The van der Waals surface area contributed by atoms with Gasteiger partial charge >= 0.3 is 0 Å². The van der Waals surface area contributed by atoms with Crippen molar-refractivity contribution >= 4 is 0 Å². The maximum absolute atomic E-state index is 10.00. The quantitative estimate of drug-likeness (QED) is 0.768. The predicted molar refractivity (Wildman–Crippen MR) is 65.5 cm³/mol. The Bertz CT molecular complexity index is 363. The van der Waals surface area contributed by atoms with E-state index in [1.165, 1.54) is 12.8 Å². The summed E-state index contributed by atoms with van der Waals surface area (Å²) < 4.78 is 1.98. The lowest BCUT2D eigenvalue weighted by atomic mass is 10.1. The van der Waals surface area contributed by atoms with Crippen molar-refractivity contribution in [2.75, 3.05) is 0 Å². The van der Waals surface area contributed by atoms with Gasteiger partial charge in [-0.25, -0.2) is 0 Å². The average molecular weight is 238 g/mol. The van der Waals surface area contributed by atoms with E-state index < -0.39 is 0 Å². The average Bonchev–Trinajstić information content (AvgIpc) is 2.53. The number of aromatic nitrogens is 3. The molecule has 0 aromatic carbocycles. The van der Waals surface area contributed by atoms with Crippen LogP contribution in [0.15, 0.2) is 0 Å². The fourth-order valence-corrected chi connectivity index (χ4v) is 2.35. The molecule has 0 spiro atoms. The Balaban J connectivity index is 1.90. The van der Waals surface area contributed by atoms with Gasteiger partial charge in [0, 0.05) is 13.1 Å². The highest BCUT2D eigenvalue weighted by atomic mass is 16.3. The Hall–Kier alpha value is -0.940. The summed E-state index contributed by atoms with van der Waals surface area (Å²) in [7, 11) is 1.97. The summed E-state index contributed by atoms with van der Waals surface area (Å²) in [5, 5.41) is 21.5. The summed E-state index contributed by atoms with van der Waals surface area (Å²) in [5.74, 6) is 1.85. The van der Waals surface area contributed by atoms with Crippen molar-refractivity contribution in [3.8, 4) is 0 Å². The molecule has 17 heavy (non-hydrogen) atoms. The first-order chi connectivity index (χ1) is 8.18. The van der Waals surface area contributed by atoms with E-state index in [-0.39, 0.29) is 12.1 Å². The summed E-state index contributed by atoms with van der Waals surface area (Å²) in [6.45, 7) is 2.62. The van der Waals surface area contributed by atoms with Crippen LogP contribution in [0.25, 0.3) is 0 Å². The van der Waals surface area contributed by atoms with E-state index >= 15 is 0 Å². The van der Waals surface area contributed by atoms with Crippen LogP contribution in [0.2, 0.25) is 0 Å². The first-order valence-electron chi connectivity index (χ1n) is 6.45. The van der Waals surface area contributed by atoms with Gasteiger partial charge in [0.25, 0.3) is 0 Å². The van der Waals surface area contributed by atoms with Crippen LogP contribution in [0.4, 0.5) is 0 Å². The molecular formula is C12H22N4O. The van der Waals surface area contributed by atoms with E-state index in [0.717, 1.165) is 30.9 Å². The van der Waals surface area contributed by atoms with E-state index in [9.17, 15) is 5.11 Å². The number of nitrogens with one attached hydrogen (secondary N) is 1. The zero-order valence-corrected chi connectivity index (χ0v) is 10.7. The zero-order valence-electron chi connectivity index (χ0n) is 10.7. The molecular weight excluding hydrogens is 216 g/mol. The molecule has 2 rings (SSSR count). The third-order valence-electron chi connectivity index (χ3n) is 3.68. The molecule has 0 aliphatic heterocycles. The van der Waals surface area contributed by atoms with Gasteiger partial charge in [-0.3, -0.25) is 0 Å². The van der Waals surface area contributed by atoms with Crippen LogP contribution in [0.1, 0.15) is 43.8 Å². The molecule has 2 N–H and O–H groups in total. The Labute approximate surface area is 102 Å². The number of rotatable bonds is 3. The fraction of sp³-hybridized carbons (Fsp3) is 0.833. The Morgan fingerprint density at radius 1 is 1.29 bits per heavy atom. The van der Waals surface area contributed by atoms with Crippen LogP contribution < -0.4 is 5.32 Å². The third kappa shape index (κ3) is 3.04. The van der Waals surface area contributed by atoms with Gasteiger partial charge in [-0.1, -0.05) is 19.3 Å². The van der Waals surface area contributed by atoms with Crippen molar-refractivity contribution in [2.24, 2.45) is 7.05 Å². The summed E-state index contributed by atoms with van der Waals surface area (Å²) in [6, 6.07) is 0.203. The maximum Gasteiger partial charge on any atom is 0.146 e. The molecule has 1 fully saturated rings. The van der Waals surface area contributed by atoms with Crippen molar-refractivity contribution in [2.45, 2.75) is 57.7 Å². The molecule has 1 aromatic heterocycles. The van der Waals surface area contributed by atoms with Gasteiger partial charge in [-0.05, 0) is 19.8 Å². The second-order valence-corrected chi connectivity index (χ2v) is 4.92. The first-order valence-corrected chi connectivity index (χ1v) is 6.45. The maximum atomic E-state index is 10.00. The lowest BCUT2D eigenvalue weighted by Crippen LogP contribution is -2.39. The molecule has 0 bridgehead atoms. The van der Waals surface area contributed by atoms with Crippen LogP contribution in [0.3, 0.4) is 0 Å². The molecule has 1 saturated carbocycles. The molecule has 0 radical (unpaired) electrons. The summed E-state index contributed by atoms with van der Waals surface area (Å²) in [5.41, 5.74) is 0. The monoisotopic (exact) mass is 238 g/mol.